The van der Waals surface area contributed by atoms with Crippen LogP contribution in [0.1, 0.15) is 66.8 Å². The number of carbonyl (C=O) groups excluding carboxylic acids is 1. The second-order valence-corrected chi connectivity index (χ2v) is 8.45. The van der Waals surface area contributed by atoms with E-state index in [0.717, 1.165) is 35.2 Å². The minimum Gasteiger partial charge on any atom is -0.375 e. The largest absolute Gasteiger partial charge is 0.375 e. The smallest absolute Gasteiger partial charge is 0.251 e. The van der Waals surface area contributed by atoms with E-state index in [9.17, 15) is 4.79 Å². The number of benzene rings is 1. The molecule has 1 aromatic heterocycles. The van der Waals surface area contributed by atoms with Gasteiger partial charge in [0.05, 0.1) is 18.8 Å². The predicted molar refractivity (Wildman–Crippen MR) is 143 cm³/mol. The number of guanidine groups is 1. The van der Waals surface area contributed by atoms with Crippen molar-refractivity contribution in [3.8, 4) is 0 Å². The molecule has 2 unspecified atom stereocenters. The Morgan fingerprint density at radius 2 is 1.94 bits per heavy atom. The van der Waals surface area contributed by atoms with Crippen molar-refractivity contribution in [3.05, 3.63) is 51.5 Å². The van der Waals surface area contributed by atoms with Crippen LogP contribution in [0.2, 0.25) is 0 Å². The fourth-order valence-corrected chi connectivity index (χ4v) is 3.65. The molecule has 0 radical (unpaired) electrons. The van der Waals surface area contributed by atoms with E-state index in [4.69, 9.17) is 9.73 Å². The minimum atomic E-state index is -0.0390. The Bertz CT molecular complexity index is 856. The Morgan fingerprint density at radius 3 is 2.53 bits per heavy atom. The number of rotatable bonds is 10. The molecule has 178 valence electrons. The van der Waals surface area contributed by atoms with Crippen LogP contribution in [0.15, 0.2) is 34.6 Å². The molecule has 32 heavy (non-hydrogen) atoms. The lowest BCUT2D eigenvalue weighted by Crippen LogP contribution is -2.38. The Morgan fingerprint density at radius 1 is 1.25 bits per heavy atom. The molecule has 2 N–H and O–H groups in total. The number of aliphatic imine (C=N–C) groups is 1. The average Bonchev–Trinajstić information content (AvgIpc) is 3.24. The van der Waals surface area contributed by atoms with Crippen LogP contribution in [0.3, 0.4) is 0 Å². The van der Waals surface area contributed by atoms with E-state index in [-0.39, 0.29) is 42.0 Å². The summed E-state index contributed by atoms with van der Waals surface area (Å²) in [6, 6.07) is 7.79. The number of hydrogen-bond acceptors (Lipinski definition) is 5. The van der Waals surface area contributed by atoms with Gasteiger partial charge in [-0.05, 0) is 44.9 Å². The highest BCUT2D eigenvalue weighted by Crippen LogP contribution is 2.21. The topological polar surface area (TPSA) is 78.9 Å². The molecule has 0 bridgehead atoms. The van der Waals surface area contributed by atoms with Gasteiger partial charge in [-0.25, -0.2) is 9.98 Å². The molecule has 0 saturated heterocycles. The van der Waals surface area contributed by atoms with Crippen molar-refractivity contribution in [2.24, 2.45) is 4.99 Å². The first-order valence-electron chi connectivity index (χ1n) is 10.7. The molecule has 0 saturated carbocycles. The summed E-state index contributed by atoms with van der Waals surface area (Å²) in [5.74, 6) is 0.776. The summed E-state index contributed by atoms with van der Waals surface area (Å²) in [7, 11) is 3.70. The van der Waals surface area contributed by atoms with Gasteiger partial charge in [-0.3, -0.25) is 4.79 Å². The van der Waals surface area contributed by atoms with Crippen molar-refractivity contribution in [2.45, 2.75) is 59.4 Å². The van der Waals surface area contributed by atoms with Crippen LogP contribution in [-0.2, 0) is 17.8 Å². The summed E-state index contributed by atoms with van der Waals surface area (Å²) in [5.41, 5.74) is 2.71. The van der Waals surface area contributed by atoms with Crippen LogP contribution in [0.25, 0.3) is 0 Å². The number of methoxy groups -OCH3 is 1. The van der Waals surface area contributed by atoms with E-state index in [0.29, 0.717) is 18.7 Å². The van der Waals surface area contributed by atoms with E-state index in [1.54, 1.807) is 18.4 Å². The van der Waals surface area contributed by atoms with Gasteiger partial charge in [-0.1, -0.05) is 19.1 Å². The molecule has 7 nitrogen and oxygen atoms in total. The number of amides is 1. The maximum atomic E-state index is 12.2. The lowest BCUT2D eigenvalue weighted by atomic mass is 10.1. The fourth-order valence-electron chi connectivity index (χ4n) is 2.81. The summed E-state index contributed by atoms with van der Waals surface area (Å²) in [4.78, 5) is 23.7. The third kappa shape index (κ3) is 8.67. The van der Waals surface area contributed by atoms with Crippen molar-refractivity contribution >= 4 is 47.2 Å². The lowest BCUT2D eigenvalue weighted by molar-refractivity contribution is 0.0939. The van der Waals surface area contributed by atoms with E-state index < -0.39 is 0 Å². The van der Waals surface area contributed by atoms with Crippen molar-refractivity contribution in [2.75, 3.05) is 20.7 Å². The summed E-state index contributed by atoms with van der Waals surface area (Å²) < 4.78 is 5.35. The lowest BCUT2D eigenvalue weighted by Gasteiger charge is -2.21. The van der Waals surface area contributed by atoms with Crippen molar-refractivity contribution in [1.82, 2.24) is 20.5 Å². The third-order valence-electron chi connectivity index (χ3n) is 4.98. The molecule has 0 aliphatic heterocycles. The maximum Gasteiger partial charge on any atom is 0.251 e. The highest BCUT2D eigenvalue weighted by atomic mass is 127. The van der Waals surface area contributed by atoms with Crippen LogP contribution in [-0.4, -0.2) is 48.5 Å². The Kier molecular flexibility index (Phi) is 12.8. The van der Waals surface area contributed by atoms with Gasteiger partial charge < -0.3 is 20.3 Å². The van der Waals surface area contributed by atoms with E-state index >= 15 is 0 Å². The monoisotopic (exact) mass is 573 g/mol. The number of carbonyl (C=O) groups is 1. The Hall–Kier alpha value is -1.72. The standard InChI is InChI=1S/C23H35N5O2S.HI/c1-7-16(3)26-21(29)19-11-9-18(10-12-19)13-25-23(24-8-2)28(5)14-20-15-31-22(27-20)17(4)30-6;/h9-12,15-17H,7-8,13-14H2,1-6H3,(H,24,25)(H,26,29);1H. The van der Waals surface area contributed by atoms with E-state index in [1.165, 1.54) is 0 Å². The quantitative estimate of drug-likeness (QED) is 0.247. The second-order valence-electron chi connectivity index (χ2n) is 7.56. The van der Waals surface area contributed by atoms with Gasteiger partial charge in [0.1, 0.15) is 11.1 Å². The average molecular weight is 574 g/mol. The van der Waals surface area contributed by atoms with Gasteiger partial charge in [0.25, 0.3) is 5.91 Å². The predicted octanol–water partition coefficient (Wildman–Crippen LogP) is 4.59. The van der Waals surface area contributed by atoms with Gasteiger partial charge in [0, 0.05) is 37.7 Å². The van der Waals surface area contributed by atoms with Gasteiger partial charge in [-0.15, -0.1) is 35.3 Å². The maximum absolute atomic E-state index is 12.2. The van der Waals surface area contributed by atoms with Gasteiger partial charge in [0.15, 0.2) is 5.96 Å². The molecule has 0 fully saturated rings. The SMILES string of the molecule is CCNC(=NCc1ccc(C(=O)NC(C)CC)cc1)N(C)Cc1csc(C(C)OC)n1.I. The molecular weight excluding hydrogens is 537 g/mol. The molecule has 0 spiro atoms. The molecule has 1 amide bonds. The molecule has 2 rings (SSSR count). The van der Waals surface area contributed by atoms with Crippen molar-refractivity contribution < 1.29 is 9.53 Å². The molecule has 9 heteroatoms. The molecule has 2 aromatic rings. The zero-order chi connectivity index (χ0) is 22.8. The molecule has 0 aliphatic carbocycles. The number of aromatic nitrogens is 1. The van der Waals surface area contributed by atoms with E-state index in [1.807, 2.05) is 45.2 Å². The zero-order valence-electron chi connectivity index (χ0n) is 19.8. The van der Waals surface area contributed by atoms with Gasteiger partial charge in [0.2, 0.25) is 0 Å². The number of ether oxygens (including phenoxy) is 1. The van der Waals surface area contributed by atoms with Crippen LogP contribution >= 0.6 is 35.3 Å². The highest BCUT2D eigenvalue weighted by Gasteiger charge is 2.13. The first-order valence-corrected chi connectivity index (χ1v) is 11.6. The number of thiazole rings is 1. The number of hydrogen-bond donors (Lipinski definition) is 2. The first kappa shape index (κ1) is 28.3. The summed E-state index contributed by atoms with van der Waals surface area (Å²) in [5, 5.41) is 9.36. The second kappa shape index (κ2) is 14.4. The van der Waals surface area contributed by atoms with Crippen molar-refractivity contribution in [3.63, 3.8) is 0 Å². The summed E-state index contributed by atoms with van der Waals surface area (Å²) in [6.45, 7) is 10.1. The minimum absolute atomic E-state index is 0. The van der Waals surface area contributed by atoms with Crippen molar-refractivity contribution in [1.29, 1.82) is 0 Å². The molecule has 0 aliphatic rings. The van der Waals surface area contributed by atoms with E-state index in [2.05, 4.69) is 39.7 Å². The fraction of sp³-hybridized carbons (Fsp3) is 0.522. The first-order chi connectivity index (χ1) is 14.9. The number of halogens is 1. The van der Waals surface area contributed by atoms with Gasteiger partial charge in [-0.2, -0.15) is 0 Å². The van der Waals surface area contributed by atoms with Crippen LogP contribution in [0.4, 0.5) is 0 Å². The Labute approximate surface area is 213 Å². The number of nitrogens with one attached hydrogen (secondary N) is 2. The molecular formula is C23H36IN5O2S. The third-order valence-corrected chi connectivity index (χ3v) is 6.04. The molecule has 1 heterocycles. The highest BCUT2D eigenvalue weighted by molar-refractivity contribution is 14.0. The van der Waals surface area contributed by atoms with Gasteiger partial charge >= 0.3 is 0 Å². The summed E-state index contributed by atoms with van der Waals surface area (Å²) >= 11 is 1.61. The van der Waals surface area contributed by atoms with Crippen LogP contribution in [0.5, 0.6) is 0 Å². The van der Waals surface area contributed by atoms with Crippen LogP contribution < -0.4 is 10.6 Å². The van der Waals surface area contributed by atoms with Crippen LogP contribution in [0, 0.1) is 0 Å². The Balaban J connectivity index is 0.00000512. The normalized spacial score (nSPS) is 13.1. The zero-order valence-corrected chi connectivity index (χ0v) is 23.0. The summed E-state index contributed by atoms with van der Waals surface area (Å²) in [6.07, 6.45) is 0.911. The molecule has 2 atom stereocenters. The molecule has 1 aromatic carbocycles. The number of nitrogens with zero attached hydrogens (tertiary/aromatic N) is 3.